The number of aliphatic hydroxyl groups is 1. The summed E-state index contributed by atoms with van der Waals surface area (Å²) in [5.74, 6) is -0.225. The maximum Gasteiger partial charge on any atom is 0.269 e. The first-order valence-electron chi connectivity index (χ1n) is 5.87. The van der Waals surface area contributed by atoms with Crippen LogP contribution in [0.4, 0.5) is 0 Å². The molecule has 0 aliphatic rings. The van der Waals surface area contributed by atoms with Crippen LogP contribution in [-0.2, 0) is 7.05 Å². The van der Waals surface area contributed by atoms with Crippen LogP contribution in [0.15, 0.2) is 6.07 Å². The standard InChI is InChI=1S/C12H22N4O2/c1-9-6-10(16(5)14-9)11(17)13-7-12(2,18)8-15(3)4/h6,18H,7-8H2,1-5H3,(H,13,17). The molecule has 1 amide bonds. The van der Waals surface area contributed by atoms with Crippen LogP contribution in [0.25, 0.3) is 0 Å². The lowest BCUT2D eigenvalue weighted by atomic mass is 10.1. The maximum atomic E-state index is 11.9. The maximum absolute atomic E-state index is 11.9. The smallest absolute Gasteiger partial charge is 0.269 e. The third-order valence-electron chi connectivity index (χ3n) is 2.52. The zero-order valence-corrected chi connectivity index (χ0v) is 11.7. The van der Waals surface area contributed by atoms with Crippen LogP contribution in [-0.4, -0.2) is 58.5 Å². The number of rotatable bonds is 5. The molecule has 1 aromatic heterocycles. The topological polar surface area (TPSA) is 70.4 Å². The van der Waals surface area contributed by atoms with E-state index in [-0.39, 0.29) is 12.5 Å². The first-order valence-corrected chi connectivity index (χ1v) is 5.87. The Morgan fingerprint density at radius 3 is 2.67 bits per heavy atom. The summed E-state index contributed by atoms with van der Waals surface area (Å²) >= 11 is 0. The minimum Gasteiger partial charge on any atom is -0.387 e. The summed E-state index contributed by atoms with van der Waals surface area (Å²) in [6, 6.07) is 1.72. The third kappa shape index (κ3) is 4.12. The SMILES string of the molecule is Cc1cc(C(=O)NCC(C)(O)CN(C)C)n(C)n1. The highest BCUT2D eigenvalue weighted by atomic mass is 16.3. The fraction of sp³-hybridized carbons (Fsp3) is 0.667. The van der Waals surface area contributed by atoms with Gasteiger partial charge >= 0.3 is 0 Å². The predicted molar refractivity (Wildman–Crippen MR) is 69.5 cm³/mol. The molecule has 0 aliphatic heterocycles. The van der Waals surface area contributed by atoms with Gasteiger partial charge in [0.2, 0.25) is 0 Å². The van der Waals surface area contributed by atoms with Gasteiger partial charge in [-0.05, 0) is 34.0 Å². The molecule has 102 valence electrons. The number of hydrogen-bond donors (Lipinski definition) is 2. The van der Waals surface area contributed by atoms with Crippen molar-refractivity contribution in [2.45, 2.75) is 19.4 Å². The molecule has 2 N–H and O–H groups in total. The number of likely N-dealkylation sites (N-methyl/N-ethyl adjacent to an activating group) is 1. The lowest BCUT2D eigenvalue weighted by Gasteiger charge is -2.27. The Morgan fingerprint density at radius 2 is 2.22 bits per heavy atom. The van der Waals surface area contributed by atoms with E-state index in [2.05, 4.69) is 10.4 Å². The normalized spacial score (nSPS) is 14.6. The molecule has 0 saturated carbocycles. The van der Waals surface area contributed by atoms with Crippen molar-refractivity contribution in [2.75, 3.05) is 27.2 Å². The minimum atomic E-state index is -0.952. The molecule has 1 atom stereocenters. The van der Waals surface area contributed by atoms with E-state index >= 15 is 0 Å². The largest absolute Gasteiger partial charge is 0.387 e. The zero-order chi connectivity index (χ0) is 13.9. The van der Waals surface area contributed by atoms with Crippen LogP contribution >= 0.6 is 0 Å². The van der Waals surface area contributed by atoms with Crippen molar-refractivity contribution in [3.05, 3.63) is 17.5 Å². The van der Waals surface area contributed by atoms with Crippen LogP contribution in [0.5, 0.6) is 0 Å². The molecule has 1 heterocycles. The number of aryl methyl sites for hydroxylation is 2. The summed E-state index contributed by atoms with van der Waals surface area (Å²) in [5.41, 5.74) is 0.336. The summed E-state index contributed by atoms with van der Waals surface area (Å²) in [6.07, 6.45) is 0. The molecular formula is C12H22N4O2. The molecule has 6 nitrogen and oxygen atoms in total. The Bertz CT molecular complexity index is 424. The molecule has 0 aliphatic carbocycles. The average Bonchev–Trinajstić information content (AvgIpc) is 2.52. The van der Waals surface area contributed by atoms with Gasteiger partial charge in [-0.15, -0.1) is 0 Å². The molecule has 1 unspecified atom stereocenters. The minimum absolute atomic E-state index is 0.203. The molecule has 0 saturated heterocycles. The molecule has 0 bridgehead atoms. The van der Waals surface area contributed by atoms with Gasteiger partial charge in [0.05, 0.1) is 11.3 Å². The Kier molecular flexibility index (Phi) is 4.48. The summed E-state index contributed by atoms with van der Waals surface area (Å²) in [5, 5.41) is 16.9. The van der Waals surface area contributed by atoms with Crippen molar-refractivity contribution >= 4 is 5.91 Å². The molecule has 0 fully saturated rings. The Balaban J connectivity index is 2.59. The lowest BCUT2D eigenvalue weighted by Crippen LogP contribution is -2.47. The highest BCUT2D eigenvalue weighted by Gasteiger charge is 2.23. The fourth-order valence-electron chi connectivity index (χ4n) is 1.92. The Hall–Kier alpha value is -1.40. The summed E-state index contributed by atoms with van der Waals surface area (Å²) < 4.78 is 1.53. The monoisotopic (exact) mass is 254 g/mol. The van der Waals surface area contributed by atoms with Gasteiger partial charge in [-0.25, -0.2) is 0 Å². The number of amides is 1. The average molecular weight is 254 g/mol. The Morgan fingerprint density at radius 1 is 1.61 bits per heavy atom. The predicted octanol–water partition coefficient (Wildman–Crippen LogP) is -0.229. The molecule has 6 heteroatoms. The van der Waals surface area contributed by atoms with Crippen molar-refractivity contribution in [2.24, 2.45) is 7.05 Å². The van der Waals surface area contributed by atoms with Gasteiger partial charge in [-0.2, -0.15) is 5.10 Å². The van der Waals surface area contributed by atoms with E-state index in [0.29, 0.717) is 12.2 Å². The van der Waals surface area contributed by atoms with E-state index in [0.717, 1.165) is 5.69 Å². The van der Waals surface area contributed by atoms with Gasteiger partial charge in [0.25, 0.3) is 5.91 Å². The van der Waals surface area contributed by atoms with E-state index in [1.54, 1.807) is 20.0 Å². The molecule has 0 aromatic carbocycles. The van der Waals surface area contributed by atoms with Gasteiger partial charge in [0, 0.05) is 20.1 Å². The van der Waals surface area contributed by atoms with E-state index in [1.165, 1.54) is 4.68 Å². The van der Waals surface area contributed by atoms with E-state index in [1.807, 2.05) is 25.9 Å². The number of aromatic nitrogens is 2. The highest BCUT2D eigenvalue weighted by molar-refractivity contribution is 5.92. The van der Waals surface area contributed by atoms with Crippen LogP contribution in [0.3, 0.4) is 0 Å². The number of carbonyl (C=O) groups is 1. The van der Waals surface area contributed by atoms with Gasteiger partial charge in [0.15, 0.2) is 0 Å². The van der Waals surface area contributed by atoms with Crippen LogP contribution in [0, 0.1) is 6.92 Å². The second-order valence-corrected chi connectivity index (χ2v) is 5.21. The summed E-state index contributed by atoms with van der Waals surface area (Å²) in [6.45, 7) is 4.21. The van der Waals surface area contributed by atoms with Crippen LogP contribution in [0.2, 0.25) is 0 Å². The number of nitrogens with one attached hydrogen (secondary N) is 1. The van der Waals surface area contributed by atoms with E-state index in [9.17, 15) is 9.90 Å². The van der Waals surface area contributed by atoms with Gasteiger partial charge in [0.1, 0.15) is 5.69 Å². The lowest BCUT2D eigenvalue weighted by molar-refractivity contribution is 0.0324. The van der Waals surface area contributed by atoms with Crippen molar-refractivity contribution < 1.29 is 9.90 Å². The number of nitrogens with zero attached hydrogens (tertiary/aromatic N) is 3. The van der Waals surface area contributed by atoms with Crippen LogP contribution in [0.1, 0.15) is 23.1 Å². The van der Waals surface area contributed by atoms with Gasteiger partial charge in [-0.1, -0.05) is 0 Å². The second kappa shape index (κ2) is 5.49. The number of carbonyl (C=O) groups excluding carboxylic acids is 1. The zero-order valence-electron chi connectivity index (χ0n) is 11.7. The van der Waals surface area contributed by atoms with Crippen molar-refractivity contribution in [3.63, 3.8) is 0 Å². The molecule has 1 aromatic rings. The van der Waals surface area contributed by atoms with Gasteiger partial charge in [-0.3, -0.25) is 9.48 Å². The van der Waals surface area contributed by atoms with Crippen molar-refractivity contribution in [1.82, 2.24) is 20.0 Å². The highest BCUT2D eigenvalue weighted by Crippen LogP contribution is 2.05. The Labute approximate surface area is 108 Å². The van der Waals surface area contributed by atoms with Crippen LogP contribution < -0.4 is 5.32 Å². The molecule has 0 radical (unpaired) electrons. The fourth-order valence-corrected chi connectivity index (χ4v) is 1.92. The third-order valence-corrected chi connectivity index (χ3v) is 2.52. The first-order chi connectivity index (χ1) is 8.21. The first kappa shape index (κ1) is 14.7. The number of hydrogen-bond acceptors (Lipinski definition) is 4. The van der Waals surface area contributed by atoms with E-state index in [4.69, 9.17) is 0 Å². The summed E-state index contributed by atoms with van der Waals surface area (Å²) in [4.78, 5) is 13.8. The van der Waals surface area contributed by atoms with Crippen molar-refractivity contribution in [1.29, 1.82) is 0 Å². The molecule has 0 spiro atoms. The van der Waals surface area contributed by atoms with Gasteiger partial charge < -0.3 is 15.3 Å². The van der Waals surface area contributed by atoms with E-state index < -0.39 is 5.60 Å². The summed E-state index contributed by atoms with van der Waals surface area (Å²) in [7, 11) is 5.47. The molecule has 18 heavy (non-hydrogen) atoms. The van der Waals surface area contributed by atoms with Crippen molar-refractivity contribution in [3.8, 4) is 0 Å². The second-order valence-electron chi connectivity index (χ2n) is 5.21. The molecule has 1 rings (SSSR count). The molecular weight excluding hydrogens is 232 g/mol. The quantitative estimate of drug-likeness (QED) is 0.761.